The molecule has 0 fully saturated rings. The predicted molar refractivity (Wildman–Crippen MR) is 94.2 cm³/mol. The van der Waals surface area contributed by atoms with E-state index in [9.17, 15) is 12.8 Å². The molecule has 0 unspecified atom stereocenters. The number of hydrogen-bond donors (Lipinski definition) is 1. The zero-order valence-corrected chi connectivity index (χ0v) is 14.8. The molecule has 1 heterocycles. The van der Waals surface area contributed by atoms with Crippen LogP contribution >= 0.6 is 0 Å². The van der Waals surface area contributed by atoms with Crippen LogP contribution in [0.5, 0.6) is 0 Å². The van der Waals surface area contributed by atoms with Crippen molar-refractivity contribution >= 4 is 15.7 Å². The predicted octanol–water partition coefficient (Wildman–Crippen LogP) is 3.37. The minimum atomic E-state index is -3.94. The van der Waals surface area contributed by atoms with Gasteiger partial charge in [-0.2, -0.15) is 4.98 Å². The lowest BCUT2D eigenvalue weighted by Gasteiger charge is -2.05. The topological polar surface area (TPSA) is 81.4 Å². The van der Waals surface area contributed by atoms with Crippen LogP contribution in [0.3, 0.4) is 0 Å². The molecule has 0 aliphatic heterocycles. The second-order valence-corrected chi connectivity index (χ2v) is 7.23. The molecule has 0 radical (unpaired) electrons. The summed E-state index contributed by atoms with van der Waals surface area (Å²) in [6.07, 6.45) is 0. The van der Waals surface area contributed by atoms with Gasteiger partial charge in [0.25, 0.3) is 0 Å². The van der Waals surface area contributed by atoms with Crippen molar-refractivity contribution in [2.75, 3.05) is 25.6 Å². The summed E-state index contributed by atoms with van der Waals surface area (Å²) in [7, 11) is -2.42. The molecule has 6 nitrogen and oxygen atoms in total. The number of aromatic nitrogens is 1. The Kier molecular flexibility index (Phi) is 5.34. The van der Waals surface area contributed by atoms with Crippen molar-refractivity contribution in [3.8, 4) is 11.5 Å². The van der Waals surface area contributed by atoms with Gasteiger partial charge in [0, 0.05) is 13.7 Å². The first kappa shape index (κ1) is 18.1. The third-order valence-corrected chi connectivity index (χ3v) is 5.28. The second-order valence-electron chi connectivity index (χ2n) is 5.37. The molecule has 3 aromatic rings. The number of rotatable bonds is 7. The highest BCUT2D eigenvalue weighted by Gasteiger charge is 2.28. The Labute approximate surface area is 150 Å². The lowest BCUT2D eigenvalue weighted by Crippen LogP contribution is -2.11. The van der Waals surface area contributed by atoms with E-state index >= 15 is 0 Å². The SMILES string of the molecule is COCCNc1oc(-c2ccccc2F)nc1S(=O)(=O)c1ccccc1. The van der Waals surface area contributed by atoms with Gasteiger partial charge in [0.2, 0.25) is 26.6 Å². The molecule has 136 valence electrons. The number of benzene rings is 2. The zero-order chi connectivity index (χ0) is 18.6. The van der Waals surface area contributed by atoms with E-state index in [0.29, 0.717) is 13.2 Å². The summed E-state index contributed by atoms with van der Waals surface area (Å²) in [6.45, 7) is 0.639. The maximum absolute atomic E-state index is 14.1. The molecule has 0 bridgehead atoms. The van der Waals surface area contributed by atoms with E-state index in [4.69, 9.17) is 9.15 Å². The molecule has 1 aromatic heterocycles. The van der Waals surface area contributed by atoms with Gasteiger partial charge in [-0.25, -0.2) is 12.8 Å². The summed E-state index contributed by atoms with van der Waals surface area (Å²) in [5, 5.41) is 2.55. The fourth-order valence-electron chi connectivity index (χ4n) is 2.33. The van der Waals surface area contributed by atoms with Crippen LogP contribution < -0.4 is 5.32 Å². The average molecular weight is 376 g/mol. The third-order valence-electron chi connectivity index (χ3n) is 3.60. The molecule has 2 aromatic carbocycles. The van der Waals surface area contributed by atoms with Crippen molar-refractivity contribution in [2.45, 2.75) is 9.92 Å². The van der Waals surface area contributed by atoms with Crippen molar-refractivity contribution in [2.24, 2.45) is 0 Å². The van der Waals surface area contributed by atoms with Crippen LogP contribution in [-0.2, 0) is 14.6 Å². The van der Waals surface area contributed by atoms with E-state index in [2.05, 4.69) is 10.3 Å². The lowest BCUT2D eigenvalue weighted by atomic mass is 10.2. The van der Waals surface area contributed by atoms with Crippen LogP contribution in [0, 0.1) is 5.82 Å². The first-order valence-corrected chi connectivity index (χ1v) is 9.31. The van der Waals surface area contributed by atoms with Crippen LogP contribution in [0.25, 0.3) is 11.5 Å². The van der Waals surface area contributed by atoms with E-state index < -0.39 is 15.7 Å². The Bertz CT molecular complexity index is 987. The Morgan fingerprint density at radius 2 is 1.81 bits per heavy atom. The van der Waals surface area contributed by atoms with Gasteiger partial charge in [0.05, 0.1) is 17.1 Å². The molecule has 0 amide bonds. The summed E-state index contributed by atoms with van der Waals surface area (Å²) in [6, 6.07) is 13.7. The number of nitrogens with zero attached hydrogens (tertiary/aromatic N) is 1. The number of oxazole rings is 1. The quantitative estimate of drug-likeness (QED) is 0.637. The summed E-state index contributed by atoms with van der Waals surface area (Å²) < 4.78 is 50.4. The fraction of sp³-hybridized carbons (Fsp3) is 0.167. The molecule has 0 aliphatic rings. The number of halogens is 1. The Balaban J connectivity index is 2.09. The van der Waals surface area contributed by atoms with Crippen molar-refractivity contribution < 1.29 is 22.0 Å². The van der Waals surface area contributed by atoms with Gasteiger partial charge in [-0.1, -0.05) is 30.3 Å². The molecule has 0 saturated carbocycles. The zero-order valence-electron chi connectivity index (χ0n) is 14.0. The maximum Gasteiger partial charge on any atom is 0.233 e. The van der Waals surface area contributed by atoms with Crippen molar-refractivity contribution in [1.29, 1.82) is 0 Å². The van der Waals surface area contributed by atoms with Gasteiger partial charge in [0.1, 0.15) is 5.82 Å². The summed E-state index contributed by atoms with van der Waals surface area (Å²) in [5.74, 6) is -0.720. The standard InChI is InChI=1S/C18H17FN2O4S/c1-24-12-11-20-17-18(26(22,23)13-7-3-2-4-8-13)21-16(25-17)14-9-5-6-10-15(14)19/h2-10,20H,11-12H2,1H3. The van der Waals surface area contributed by atoms with E-state index in [1.54, 1.807) is 24.3 Å². The van der Waals surface area contributed by atoms with E-state index in [1.165, 1.54) is 37.4 Å². The molecular weight excluding hydrogens is 359 g/mol. The van der Waals surface area contributed by atoms with Gasteiger partial charge in [-0.05, 0) is 24.3 Å². The molecule has 26 heavy (non-hydrogen) atoms. The minimum Gasteiger partial charge on any atom is -0.419 e. The van der Waals surface area contributed by atoms with Crippen molar-refractivity contribution in [3.05, 3.63) is 60.4 Å². The monoisotopic (exact) mass is 376 g/mol. The van der Waals surface area contributed by atoms with Crippen LogP contribution in [0.15, 0.2) is 68.9 Å². The molecule has 8 heteroatoms. The second kappa shape index (κ2) is 7.67. The number of nitrogens with one attached hydrogen (secondary N) is 1. The highest BCUT2D eigenvalue weighted by atomic mass is 32.2. The van der Waals surface area contributed by atoms with Gasteiger partial charge in [0.15, 0.2) is 0 Å². The summed E-state index contributed by atoms with van der Waals surface area (Å²) in [4.78, 5) is 4.14. The maximum atomic E-state index is 14.1. The number of anilines is 1. The number of hydrogen-bond acceptors (Lipinski definition) is 6. The van der Waals surface area contributed by atoms with Gasteiger partial charge >= 0.3 is 0 Å². The van der Waals surface area contributed by atoms with E-state index in [0.717, 1.165) is 0 Å². The summed E-state index contributed by atoms with van der Waals surface area (Å²) >= 11 is 0. The number of sulfone groups is 1. The summed E-state index contributed by atoms with van der Waals surface area (Å²) in [5.41, 5.74) is 0.0804. The van der Waals surface area contributed by atoms with Crippen LogP contribution in [0.2, 0.25) is 0 Å². The lowest BCUT2D eigenvalue weighted by molar-refractivity contribution is 0.210. The van der Waals surface area contributed by atoms with Gasteiger partial charge < -0.3 is 14.5 Å². The highest BCUT2D eigenvalue weighted by molar-refractivity contribution is 7.91. The molecule has 0 saturated heterocycles. The van der Waals surface area contributed by atoms with E-state index in [-0.39, 0.29) is 27.3 Å². The Morgan fingerprint density at radius 3 is 2.50 bits per heavy atom. The van der Waals surface area contributed by atoms with Crippen LogP contribution in [-0.4, -0.2) is 33.7 Å². The van der Waals surface area contributed by atoms with Crippen molar-refractivity contribution in [1.82, 2.24) is 4.98 Å². The Morgan fingerprint density at radius 1 is 1.12 bits per heavy atom. The average Bonchev–Trinajstić information content (AvgIpc) is 3.08. The van der Waals surface area contributed by atoms with E-state index in [1.807, 2.05) is 0 Å². The largest absolute Gasteiger partial charge is 0.419 e. The number of methoxy groups -OCH3 is 1. The van der Waals surface area contributed by atoms with Gasteiger partial charge in [-0.3, -0.25) is 0 Å². The molecule has 0 spiro atoms. The molecule has 0 aliphatic carbocycles. The smallest absolute Gasteiger partial charge is 0.233 e. The molecule has 0 atom stereocenters. The minimum absolute atomic E-state index is 0.0517. The van der Waals surface area contributed by atoms with Crippen LogP contribution in [0.4, 0.5) is 10.3 Å². The Hall–Kier alpha value is -2.71. The first-order valence-electron chi connectivity index (χ1n) is 7.82. The van der Waals surface area contributed by atoms with Crippen molar-refractivity contribution in [3.63, 3.8) is 0 Å². The normalized spacial score (nSPS) is 11.5. The highest BCUT2D eigenvalue weighted by Crippen LogP contribution is 2.33. The third kappa shape index (κ3) is 3.61. The molecule has 3 rings (SSSR count). The molecular formula is C18H17FN2O4S. The van der Waals surface area contributed by atoms with Gasteiger partial charge in [-0.15, -0.1) is 0 Å². The fourth-order valence-corrected chi connectivity index (χ4v) is 3.63. The van der Waals surface area contributed by atoms with Crippen LogP contribution in [0.1, 0.15) is 0 Å². The number of ether oxygens (including phenoxy) is 1. The first-order chi connectivity index (χ1) is 12.5. The molecule has 1 N–H and O–H groups in total.